The van der Waals surface area contributed by atoms with Crippen LogP contribution in [0.5, 0.6) is 5.75 Å². The summed E-state index contributed by atoms with van der Waals surface area (Å²) in [5.74, 6) is -0.392. The second-order valence-corrected chi connectivity index (χ2v) is 10.6. The molecule has 2 aliphatic rings. The van der Waals surface area contributed by atoms with Crippen molar-refractivity contribution in [2.24, 2.45) is 5.92 Å². The number of hydrogen-bond acceptors (Lipinski definition) is 6. The molecule has 1 saturated carbocycles. The third-order valence-electron chi connectivity index (χ3n) is 5.72. The molecular formula is C22H26FN3O5S. The van der Waals surface area contributed by atoms with Crippen LogP contribution in [0, 0.1) is 11.7 Å². The Labute approximate surface area is 186 Å². The number of ether oxygens (including phenoxy) is 1. The highest BCUT2D eigenvalue weighted by atomic mass is 32.2. The molecule has 2 aromatic rings. The highest BCUT2D eigenvalue weighted by molar-refractivity contribution is 7.90. The summed E-state index contributed by atoms with van der Waals surface area (Å²) in [6.07, 6.45) is 6.87. The van der Waals surface area contributed by atoms with E-state index in [1.165, 1.54) is 23.4 Å². The molecule has 0 unspecified atom stereocenters. The number of urea groups is 1. The Hall–Kier alpha value is -2.75. The smallest absolute Gasteiger partial charge is 0.324 e. The van der Waals surface area contributed by atoms with Gasteiger partial charge < -0.3 is 9.64 Å². The number of imide groups is 1. The molecule has 0 spiro atoms. The molecule has 172 valence electrons. The molecule has 0 radical (unpaired) electrons. The van der Waals surface area contributed by atoms with Crippen LogP contribution in [0.15, 0.2) is 24.5 Å². The van der Waals surface area contributed by atoms with Crippen LogP contribution < -0.4 is 10.1 Å². The first-order valence-corrected chi connectivity index (χ1v) is 12.6. The minimum absolute atomic E-state index is 0.000741. The Morgan fingerprint density at radius 3 is 2.66 bits per heavy atom. The van der Waals surface area contributed by atoms with E-state index in [9.17, 15) is 22.4 Å². The Morgan fingerprint density at radius 1 is 1.12 bits per heavy atom. The minimum atomic E-state index is -3.41. The zero-order valence-corrected chi connectivity index (χ0v) is 18.5. The normalized spacial score (nSPS) is 16.6. The molecule has 1 saturated heterocycles. The Bertz CT molecular complexity index is 1130. The van der Waals surface area contributed by atoms with E-state index >= 15 is 0 Å². The third kappa shape index (κ3) is 5.53. The van der Waals surface area contributed by atoms with Gasteiger partial charge in [0, 0.05) is 24.3 Å². The van der Waals surface area contributed by atoms with Gasteiger partial charge in [-0.2, -0.15) is 0 Å². The van der Waals surface area contributed by atoms with Gasteiger partial charge in [0.1, 0.15) is 6.54 Å². The summed E-state index contributed by atoms with van der Waals surface area (Å²) < 4.78 is 45.4. The van der Waals surface area contributed by atoms with Crippen LogP contribution in [-0.2, 0) is 20.4 Å². The summed E-state index contributed by atoms with van der Waals surface area (Å²) in [5.41, 5.74) is 0.519. The lowest BCUT2D eigenvalue weighted by Crippen LogP contribution is -2.29. The van der Waals surface area contributed by atoms with E-state index in [0.717, 1.165) is 12.8 Å². The monoisotopic (exact) mass is 463 g/mol. The Kier molecular flexibility index (Phi) is 6.59. The predicted molar refractivity (Wildman–Crippen MR) is 116 cm³/mol. The molecule has 32 heavy (non-hydrogen) atoms. The van der Waals surface area contributed by atoms with Crippen molar-refractivity contribution >= 4 is 32.5 Å². The van der Waals surface area contributed by atoms with E-state index in [2.05, 4.69) is 10.3 Å². The zero-order chi connectivity index (χ0) is 22.7. The largest absolute Gasteiger partial charge is 0.490 e. The number of benzene rings is 1. The average molecular weight is 464 g/mol. The second kappa shape index (κ2) is 9.40. The molecule has 4 rings (SSSR count). The first kappa shape index (κ1) is 22.4. The standard InChI is InChI=1S/C22H26FN3O5S/c23-19-7-6-17-16(10-24-11-18(17)21(19)31-13-15-4-5-15)14-32(29,30)9-3-1-2-8-26-12-20(27)25-22(26)28/h6-7,10-11,15H,1-5,8-9,12-14H2,(H,25,27,28). The van der Waals surface area contributed by atoms with Crippen molar-refractivity contribution < 1.29 is 27.1 Å². The van der Waals surface area contributed by atoms with Gasteiger partial charge in [-0.05, 0) is 48.6 Å². The molecule has 8 nitrogen and oxygen atoms in total. The van der Waals surface area contributed by atoms with E-state index in [-0.39, 0.29) is 29.7 Å². The van der Waals surface area contributed by atoms with E-state index in [1.807, 2.05) is 0 Å². The predicted octanol–water partition coefficient (Wildman–Crippen LogP) is 2.80. The lowest BCUT2D eigenvalue weighted by Gasteiger charge is -2.13. The number of carbonyl (C=O) groups excluding carboxylic acids is 2. The number of hydrogen-bond donors (Lipinski definition) is 1. The fourth-order valence-corrected chi connectivity index (χ4v) is 5.27. The van der Waals surface area contributed by atoms with Gasteiger partial charge in [0.15, 0.2) is 21.4 Å². The van der Waals surface area contributed by atoms with Crippen LogP contribution in [0.3, 0.4) is 0 Å². The summed E-state index contributed by atoms with van der Waals surface area (Å²) >= 11 is 0. The molecule has 0 atom stereocenters. The SMILES string of the molecule is O=C1CN(CCCCCS(=O)(=O)Cc2cncc3c(OCC4CC4)c(F)ccc23)C(=O)N1. The summed E-state index contributed by atoms with van der Waals surface area (Å²) in [6.45, 7) is 0.921. The van der Waals surface area contributed by atoms with Crippen molar-refractivity contribution in [1.82, 2.24) is 15.2 Å². The number of nitrogens with one attached hydrogen (secondary N) is 1. The van der Waals surface area contributed by atoms with Gasteiger partial charge in [0.05, 0.1) is 18.1 Å². The van der Waals surface area contributed by atoms with Crippen molar-refractivity contribution in [3.8, 4) is 5.75 Å². The van der Waals surface area contributed by atoms with Crippen LogP contribution in [0.25, 0.3) is 10.8 Å². The molecule has 1 aliphatic heterocycles. The zero-order valence-electron chi connectivity index (χ0n) is 17.7. The van der Waals surface area contributed by atoms with Gasteiger partial charge in [-0.3, -0.25) is 15.1 Å². The third-order valence-corrected chi connectivity index (χ3v) is 7.38. The van der Waals surface area contributed by atoms with E-state index in [1.54, 1.807) is 6.07 Å². The highest BCUT2D eigenvalue weighted by Gasteiger charge is 2.26. The van der Waals surface area contributed by atoms with Gasteiger partial charge in [-0.25, -0.2) is 17.6 Å². The first-order chi connectivity index (χ1) is 15.3. The first-order valence-electron chi connectivity index (χ1n) is 10.8. The molecule has 2 heterocycles. The number of sulfone groups is 1. The molecule has 1 aliphatic carbocycles. The fraction of sp³-hybridized carbons (Fsp3) is 0.500. The van der Waals surface area contributed by atoms with Crippen LogP contribution in [0.1, 0.15) is 37.7 Å². The van der Waals surface area contributed by atoms with Crippen molar-refractivity contribution in [2.75, 3.05) is 25.4 Å². The van der Waals surface area contributed by atoms with Crippen LogP contribution in [-0.4, -0.2) is 55.7 Å². The molecule has 3 amide bonds. The number of rotatable bonds is 11. The molecule has 1 aromatic heterocycles. The highest BCUT2D eigenvalue weighted by Crippen LogP contribution is 2.34. The van der Waals surface area contributed by atoms with Crippen molar-refractivity contribution in [3.63, 3.8) is 0 Å². The van der Waals surface area contributed by atoms with Crippen molar-refractivity contribution in [1.29, 1.82) is 0 Å². The van der Waals surface area contributed by atoms with Crippen molar-refractivity contribution in [3.05, 3.63) is 35.9 Å². The number of unbranched alkanes of at least 4 members (excludes halogenated alkanes) is 2. The molecular weight excluding hydrogens is 437 g/mol. The van der Waals surface area contributed by atoms with Gasteiger partial charge in [-0.15, -0.1) is 0 Å². The molecule has 0 bridgehead atoms. The van der Waals surface area contributed by atoms with Gasteiger partial charge in [-0.1, -0.05) is 12.5 Å². The summed E-state index contributed by atoms with van der Waals surface area (Å²) in [5, 5.41) is 3.32. The summed E-state index contributed by atoms with van der Waals surface area (Å²) in [7, 11) is -3.41. The summed E-state index contributed by atoms with van der Waals surface area (Å²) in [6, 6.07) is 2.48. The maximum absolute atomic E-state index is 14.3. The number of carbonyl (C=O) groups is 2. The molecule has 10 heteroatoms. The number of pyridine rings is 1. The Morgan fingerprint density at radius 2 is 1.94 bits per heavy atom. The maximum atomic E-state index is 14.3. The lowest BCUT2D eigenvalue weighted by atomic mass is 10.1. The van der Waals surface area contributed by atoms with Gasteiger partial charge >= 0.3 is 6.03 Å². The molecule has 1 aromatic carbocycles. The number of amides is 3. The number of aromatic nitrogens is 1. The van der Waals surface area contributed by atoms with Crippen LogP contribution >= 0.6 is 0 Å². The van der Waals surface area contributed by atoms with Gasteiger partial charge in [0.2, 0.25) is 5.91 Å². The topological polar surface area (TPSA) is 106 Å². The van der Waals surface area contributed by atoms with Gasteiger partial charge in [0.25, 0.3) is 0 Å². The molecule has 1 N–H and O–H groups in total. The number of nitrogens with zero attached hydrogens (tertiary/aromatic N) is 2. The number of halogens is 1. The Balaban J connectivity index is 1.35. The van der Waals surface area contributed by atoms with E-state index < -0.39 is 21.7 Å². The van der Waals surface area contributed by atoms with Crippen LogP contribution in [0.4, 0.5) is 9.18 Å². The summed E-state index contributed by atoms with van der Waals surface area (Å²) in [4.78, 5) is 28.2. The second-order valence-electron chi connectivity index (χ2n) is 8.45. The lowest BCUT2D eigenvalue weighted by molar-refractivity contribution is -0.118. The van der Waals surface area contributed by atoms with E-state index in [0.29, 0.717) is 54.7 Å². The maximum Gasteiger partial charge on any atom is 0.324 e. The fourth-order valence-electron chi connectivity index (χ4n) is 3.77. The van der Waals surface area contributed by atoms with Crippen molar-refractivity contribution in [2.45, 2.75) is 37.9 Å². The number of fused-ring (bicyclic) bond motifs is 1. The minimum Gasteiger partial charge on any atom is -0.490 e. The van der Waals surface area contributed by atoms with E-state index in [4.69, 9.17) is 4.74 Å². The quantitative estimate of drug-likeness (QED) is 0.406. The average Bonchev–Trinajstić information content (AvgIpc) is 3.50. The van der Waals surface area contributed by atoms with Crippen LogP contribution in [0.2, 0.25) is 0 Å². The molecule has 2 fully saturated rings.